The number of hydrogen-bond donors (Lipinski definition) is 4. The number of amides is 2. The summed E-state index contributed by atoms with van der Waals surface area (Å²) in [6, 6.07) is 33.2. The van der Waals surface area contributed by atoms with E-state index in [1.165, 1.54) is 0 Å². The van der Waals surface area contributed by atoms with E-state index in [1.807, 2.05) is 12.1 Å². The number of carbonyl (C=O) groups is 4. The Kier molecular flexibility index (Phi) is 12.6. The summed E-state index contributed by atoms with van der Waals surface area (Å²) < 4.78 is 10.8. The highest BCUT2D eigenvalue weighted by atomic mass is 16.5. The van der Waals surface area contributed by atoms with Gasteiger partial charge in [0.05, 0.1) is 0 Å². The van der Waals surface area contributed by atoms with Gasteiger partial charge in [0, 0.05) is 12.8 Å². The van der Waals surface area contributed by atoms with Gasteiger partial charge in [-0.2, -0.15) is 0 Å². The highest BCUT2D eigenvalue weighted by molar-refractivity contribution is 5.94. The van der Waals surface area contributed by atoms with Crippen LogP contribution in [0, 0.1) is 0 Å². The molecule has 238 valence electrons. The molecule has 0 bridgehead atoms. The number of benzene rings is 4. The Hall–Kier alpha value is -5.32. The number of carbonyl (C=O) groups excluding carboxylic acids is 4. The van der Waals surface area contributed by atoms with Crippen LogP contribution in [-0.4, -0.2) is 58.3 Å². The number of rotatable bonds is 15. The highest BCUT2D eigenvalue weighted by Gasteiger charge is 2.35. The molecule has 0 radical (unpaired) electrons. The third-order valence-corrected chi connectivity index (χ3v) is 7.05. The number of nitrogens with one attached hydrogen (secondary N) is 2. The van der Waals surface area contributed by atoms with Crippen LogP contribution >= 0.6 is 0 Å². The van der Waals surface area contributed by atoms with Crippen molar-refractivity contribution in [1.82, 2.24) is 10.6 Å². The smallest absolute Gasteiger partial charge is 0.329 e. The van der Waals surface area contributed by atoms with E-state index in [2.05, 4.69) is 10.6 Å². The van der Waals surface area contributed by atoms with Crippen molar-refractivity contribution < 1.29 is 38.9 Å². The van der Waals surface area contributed by atoms with E-state index in [-0.39, 0.29) is 26.1 Å². The van der Waals surface area contributed by atoms with Crippen molar-refractivity contribution in [3.05, 3.63) is 144 Å². The second-order valence-electron chi connectivity index (χ2n) is 10.6. The van der Waals surface area contributed by atoms with Gasteiger partial charge in [-0.15, -0.1) is 0 Å². The third kappa shape index (κ3) is 10.4. The fourth-order valence-electron chi connectivity index (χ4n) is 4.55. The first-order valence-corrected chi connectivity index (χ1v) is 14.8. The topological polar surface area (TPSA) is 151 Å². The fraction of sp³-hybridized carbons (Fsp3) is 0.222. The maximum Gasteiger partial charge on any atom is 0.329 e. The van der Waals surface area contributed by atoms with Gasteiger partial charge in [0.15, 0.2) is 12.2 Å². The van der Waals surface area contributed by atoms with Gasteiger partial charge in [-0.05, 0) is 22.3 Å². The summed E-state index contributed by atoms with van der Waals surface area (Å²) in [6.45, 7) is -0.0881. The summed E-state index contributed by atoms with van der Waals surface area (Å²) in [4.78, 5) is 52.1. The number of hydrogen-bond acceptors (Lipinski definition) is 8. The third-order valence-electron chi connectivity index (χ3n) is 7.05. The maximum absolute atomic E-state index is 13.0. The van der Waals surface area contributed by atoms with Crippen LogP contribution in [0.1, 0.15) is 22.3 Å². The van der Waals surface area contributed by atoms with Crippen molar-refractivity contribution in [3.8, 4) is 0 Å². The van der Waals surface area contributed by atoms with Gasteiger partial charge in [0.1, 0.15) is 25.3 Å². The minimum atomic E-state index is -2.27. The van der Waals surface area contributed by atoms with Crippen LogP contribution in [0.3, 0.4) is 0 Å². The van der Waals surface area contributed by atoms with Crippen LogP contribution in [0.2, 0.25) is 0 Å². The van der Waals surface area contributed by atoms with E-state index in [1.54, 1.807) is 109 Å². The molecule has 4 rings (SSSR count). The Labute approximate surface area is 267 Å². The zero-order valence-electron chi connectivity index (χ0n) is 25.0. The molecular weight excluding hydrogens is 588 g/mol. The van der Waals surface area contributed by atoms with Crippen molar-refractivity contribution in [2.75, 3.05) is 0 Å². The molecule has 4 aromatic rings. The molecule has 10 heteroatoms. The number of aliphatic hydroxyl groups excluding tert-OH is 2. The average Bonchev–Trinajstić information content (AvgIpc) is 3.10. The second-order valence-corrected chi connectivity index (χ2v) is 10.6. The Balaban J connectivity index is 1.41. The lowest BCUT2D eigenvalue weighted by atomic mass is 10.0. The molecule has 0 saturated carbocycles. The van der Waals surface area contributed by atoms with Crippen molar-refractivity contribution in [2.45, 2.75) is 50.3 Å². The number of aliphatic hydroxyl groups is 2. The maximum atomic E-state index is 13.0. The largest absolute Gasteiger partial charge is 0.459 e. The first-order chi connectivity index (χ1) is 22.3. The van der Waals surface area contributed by atoms with Gasteiger partial charge in [-0.25, -0.2) is 9.59 Å². The molecule has 10 nitrogen and oxygen atoms in total. The van der Waals surface area contributed by atoms with Crippen molar-refractivity contribution >= 4 is 23.8 Å². The van der Waals surface area contributed by atoms with Gasteiger partial charge in [-0.3, -0.25) is 9.59 Å². The molecule has 0 spiro atoms. The Morgan fingerprint density at radius 1 is 0.478 bits per heavy atom. The molecule has 0 unspecified atom stereocenters. The molecule has 0 saturated heterocycles. The standard InChI is InChI=1S/C36H36N2O8/c39-31(33(41)37-29(21-25-13-5-1-6-14-25)35(43)45-23-27-17-9-3-10-18-27)32(40)34(42)38-30(22-26-15-7-2-8-16-26)36(44)46-24-28-19-11-4-12-20-28/h1-20,29-32,39-40H,21-24H2,(H,37,41)(H,38,42)/t29-,30+,31-,32-/m1/s1. The Bertz CT molecular complexity index is 1430. The van der Waals surface area contributed by atoms with E-state index < -0.39 is 48.0 Å². The molecule has 4 aromatic carbocycles. The normalized spacial score (nSPS) is 13.3. The molecule has 4 N–H and O–H groups in total. The van der Waals surface area contributed by atoms with Gasteiger partial charge in [-0.1, -0.05) is 121 Å². The number of esters is 2. The molecule has 0 aliphatic heterocycles. The minimum absolute atomic E-state index is 0.0294. The zero-order valence-corrected chi connectivity index (χ0v) is 25.0. The predicted octanol–water partition coefficient (Wildman–Crippen LogP) is 2.65. The second kappa shape index (κ2) is 17.2. The van der Waals surface area contributed by atoms with Crippen molar-refractivity contribution in [3.63, 3.8) is 0 Å². The molecule has 0 heterocycles. The molecule has 0 aromatic heterocycles. The monoisotopic (exact) mass is 624 g/mol. The van der Waals surface area contributed by atoms with Crippen LogP contribution in [0.15, 0.2) is 121 Å². The van der Waals surface area contributed by atoms with E-state index in [4.69, 9.17) is 9.47 Å². The van der Waals surface area contributed by atoms with E-state index in [9.17, 15) is 29.4 Å². The minimum Gasteiger partial charge on any atom is -0.459 e. The average molecular weight is 625 g/mol. The lowest BCUT2D eigenvalue weighted by Crippen LogP contribution is -2.56. The SMILES string of the molecule is O=C(OCc1ccccc1)[C@H](Cc1ccccc1)NC(=O)[C@H](O)[C@@H](O)C(=O)N[C@H](Cc1ccccc1)C(=O)OCc1ccccc1. The lowest BCUT2D eigenvalue weighted by Gasteiger charge is -2.23. The summed E-state index contributed by atoms with van der Waals surface area (Å²) in [7, 11) is 0. The Morgan fingerprint density at radius 2 is 0.761 bits per heavy atom. The molecule has 0 aliphatic carbocycles. The summed E-state index contributed by atoms with van der Waals surface area (Å²) in [5, 5.41) is 26.1. The zero-order chi connectivity index (χ0) is 32.7. The molecule has 4 atom stereocenters. The van der Waals surface area contributed by atoms with Gasteiger partial charge in [0.2, 0.25) is 0 Å². The van der Waals surface area contributed by atoms with Crippen molar-refractivity contribution in [1.29, 1.82) is 0 Å². The highest BCUT2D eigenvalue weighted by Crippen LogP contribution is 2.11. The fourth-order valence-corrected chi connectivity index (χ4v) is 4.55. The molecule has 0 fully saturated rings. The van der Waals surface area contributed by atoms with Gasteiger partial charge in [0.25, 0.3) is 11.8 Å². The van der Waals surface area contributed by atoms with Crippen LogP contribution in [-0.2, 0) is 54.7 Å². The molecule has 46 heavy (non-hydrogen) atoms. The predicted molar refractivity (Wildman–Crippen MR) is 169 cm³/mol. The first kappa shape index (κ1) is 33.6. The Morgan fingerprint density at radius 3 is 1.07 bits per heavy atom. The van der Waals surface area contributed by atoms with Crippen molar-refractivity contribution in [2.24, 2.45) is 0 Å². The number of ether oxygens (including phenoxy) is 2. The van der Waals surface area contributed by atoms with E-state index >= 15 is 0 Å². The molecule has 2 amide bonds. The first-order valence-electron chi connectivity index (χ1n) is 14.8. The van der Waals surface area contributed by atoms with E-state index in [0.29, 0.717) is 11.1 Å². The molecule has 0 aliphatic rings. The van der Waals surface area contributed by atoms with E-state index in [0.717, 1.165) is 11.1 Å². The van der Waals surface area contributed by atoms with Crippen LogP contribution in [0.5, 0.6) is 0 Å². The van der Waals surface area contributed by atoms with Crippen LogP contribution in [0.25, 0.3) is 0 Å². The van der Waals surface area contributed by atoms with Gasteiger partial charge >= 0.3 is 11.9 Å². The van der Waals surface area contributed by atoms with Gasteiger partial charge < -0.3 is 30.3 Å². The van der Waals surface area contributed by atoms with Crippen LogP contribution in [0.4, 0.5) is 0 Å². The summed E-state index contributed by atoms with van der Waals surface area (Å²) in [6.07, 6.45) is -4.47. The summed E-state index contributed by atoms with van der Waals surface area (Å²) >= 11 is 0. The summed E-state index contributed by atoms with van der Waals surface area (Å²) in [5.74, 6) is -3.88. The summed E-state index contributed by atoms with van der Waals surface area (Å²) in [5.41, 5.74) is 2.88. The lowest BCUT2D eigenvalue weighted by molar-refractivity contribution is -0.154. The molecular formula is C36H36N2O8. The van der Waals surface area contributed by atoms with Crippen LogP contribution < -0.4 is 10.6 Å². The quantitative estimate of drug-likeness (QED) is 0.148.